The molecule has 1 aromatic rings. The first-order chi connectivity index (χ1) is 14.1. The van der Waals surface area contributed by atoms with E-state index in [0.717, 1.165) is 49.0 Å². The standard InChI is InChI=1S/C24H32BrN3O2/c1-16-9-13-28(14-10-16)21(30)24-12-11-23(4,22(24,2)3)19(15-24)26-27-20(29)17-5-7-18(25)8-6-17/h5-8,16H,9-15H2,1-4H3,(H,27,29)/b26-19-/t23-,24+/m0/s1. The van der Waals surface area contributed by atoms with Gasteiger partial charge in [-0.1, -0.05) is 43.6 Å². The quantitative estimate of drug-likeness (QED) is 0.626. The summed E-state index contributed by atoms with van der Waals surface area (Å²) in [5, 5.41) is 4.59. The number of likely N-dealkylation sites (tertiary alicyclic amines) is 1. The molecule has 0 aromatic heterocycles. The number of carbonyl (C=O) groups excluding carboxylic acids is 2. The van der Waals surface area contributed by atoms with Crippen LogP contribution >= 0.6 is 15.9 Å². The molecule has 3 aliphatic rings. The lowest BCUT2D eigenvalue weighted by Crippen LogP contribution is -2.50. The topological polar surface area (TPSA) is 61.8 Å². The number of hydrogen-bond acceptors (Lipinski definition) is 3. The van der Waals surface area contributed by atoms with E-state index in [9.17, 15) is 9.59 Å². The zero-order valence-electron chi connectivity index (χ0n) is 18.4. The summed E-state index contributed by atoms with van der Waals surface area (Å²) in [4.78, 5) is 28.4. The Labute approximate surface area is 187 Å². The van der Waals surface area contributed by atoms with Crippen LogP contribution in [0, 0.1) is 22.2 Å². The molecule has 0 radical (unpaired) electrons. The summed E-state index contributed by atoms with van der Waals surface area (Å²) in [6.45, 7) is 10.7. The molecule has 2 saturated carbocycles. The van der Waals surface area contributed by atoms with Crippen molar-refractivity contribution in [1.29, 1.82) is 0 Å². The van der Waals surface area contributed by atoms with E-state index in [1.54, 1.807) is 12.1 Å². The van der Waals surface area contributed by atoms with Crippen LogP contribution in [-0.2, 0) is 4.79 Å². The van der Waals surface area contributed by atoms with E-state index in [1.807, 2.05) is 12.1 Å². The largest absolute Gasteiger partial charge is 0.342 e. The summed E-state index contributed by atoms with van der Waals surface area (Å²) in [7, 11) is 0. The van der Waals surface area contributed by atoms with Crippen molar-refractivity contribution in [2.24, 2.45) is 27.3 Å². The first kappa shape index (κ1) is 21.5. The Morgan fingerprint density at radius 1 is 1.10 bits per heavy atom. The number of halogens is 1. The molecule has 2 amide bonds. The van der Waals surface area contributed by atoms with Gasteiger partial charge in [0.2, 0.25) is 5.91 Å². The van der Waals surface area contributed by atoms with Crippen LogP contribution in [0.3, 0.4) is 0 Å². The maximum Gasteiger partial charge on any atom is 0.271 e. The van der Waals surface area contributed by atoms with Crippen LogP contribution in [0.1, 0.15) is 70.2 Å². The van der Waals surface area contributed by atoms with E-state index in [1.165, 1.54) is 0 Å². The zero-order chi connectivity index (χ0) is 21.7. The molecule has 1 saturated heterocycles. The molecular formula is C24H32BrN3O2. The third kappa shape index (κ3) is 3.14. The number of carbonyl (C=O) groups is 2. The second kappa shape index (κ2) is 7.47. The lowest BCUT2D eigenvalue weighted by atomic mass is 9.64. The van der Waals surface area contributed by atoms with E-state index in [0.29, 0.717) is 23.8 Å². The van der Waals surface area contributed by atoms with Crippen molar-refractivity contribution in [2.45, 2.75) is 59.8 Å². The number of nitrogens with one attached hydrogen (secondary N) is 1. The highest BCUT2D eigenvalue weighted by molar-refractivity contribution is 9.10. The second-order valence-corrected chi connectivity index (χ2v) is 11.1. The fourth-order valence-electron chi connectivity index (χ4n) is 5.82. The minimum atomic E-state index is -0.413. The SMILES string of the molecule is CC1CCN(C(=O)[C@@]23CC[C@@](C)(/C(=N\NC(=O)c4ccc(Br)cc4)C2)C3(C)C)CC1. The van der Waals surface area contributed by atoms with Crippen molar-refractivity contribution in [1.82, 2.24) is 10.3 Å². The summed E-state index contributed by atoms with van der Waals surface area (Å²) in [6, 6.07) is 7.23. The summed E-state index contributed by atoms with van der Waals surface area (Å²) in [5.74, 6) is 0.778. The highest BCUT2D eigenvalue weighted by Crippen LogP contribution is 2.71. The minimum absolute atomic E-state index is 0.182. The van der Waals surface area contributed by atoms with Crippen molar-refractivity contribution in [3.05, 3.63) is 34.3 Å². The monoisotopic (exact) mass is 473 g/mol. The Hall–Kier alpha value is -1.69. The number of piperidine rings is 1. The Kier molecular flexibility index (Phi) is 5.36. The molecule has 162 valence electrons. The van der Waals surface area contributed by atoms with Crippen molar-refractivity contribution in [3.63, 3.8) is 0 Å². The first-order valence-electron chi connectivity index (χ1n) is 11.0. The molecule has 1 N–H and O–H groups in total. The highest BCUT2D eigenvalue weighted by Gasteiger charge is 2.72. The Bertz CT molecular complexity index is 886. The van der Waals surface area contributed by atoms with Gasteiger partial charge in [-0.2, -0.15) is 5.10 Å². The summed E-state index contributed by atoms with van der Waals surface area (Å²) in [6.07, 6.45) is 4.65. The fourth-order valence-corrected chi connectivity index (χ4v) is 6.09. The number of hydrazone groups is 1. The number of benzene rings is 1. The molecular weight excluding hydrogens is 442 g/mol. The maximum absolute atomic E-state index is 13.8. The van der Waals surface area contributed by atoms with Crippen molar-refractivity contribution >= 4 is 33.5 Å². The lowest BCUT2D eigenvalue weighted by molar-refractivity contribution is -0.148. The van der Waals surface area contributed by atoms with E-state index >= 15 is 0 Å². The molecule has 4 rings (SSSR count). The van der Waals surface area contributed by atoms with E-state index in [4.69, 9.17) is 0 Å². The van der Waals surface area contributed by atoms with E-state index in [-0.39, 0.29) is 16.7 Å². The predicted octanol–water partition coefficient (Wildman–Crippen LogP) is 5.01. The van der Waals surface area contributed by atoms with Gasteiger partial charge in [-0.25, -0.2) is 5.43 Å². The molecule has 30 heavy (non-hydrogen) atoms. The number of hydrogen-bond donors (Lipinski definition) is 1. The summed E-state index contributed by atoms with van der Waals surface area (Å²) in [5.41, 5.74) is 3.50. The molecule has 1 heterocycles. The van der Waals surface area contributed by atoms with Gasteiger partial charge in [-0.05, 0) is 61.3 Å². The molecule has 0 spiro atoms. The fraction of sp³-hybridized carbons (Fsp3) is 0.625. The lowest BCUT2D eigenvalue weighted by Gasteiger charge is -2.43. The third-order valence-corrected chi connectivity index (χ3v) is 9.14. The molecule has 2 aliphatic carbocycles. The van der Waals surface area contributed by atoms with E-state index in [2.05, 4.69) is 59.1 Å². The van der Waals surface area contributed by atoms with Crippen LogP contribution in [-0.4, -0.2) is 35.5 Å². The van der Waals surface area contributed by atoms with Crippen molar-refractivity contribution in [2.75, 3.05) is 13.1 Å². The Morgan fingerprint density at radius 2 is 1.73 bits per heavy atom. The van der Waals surface area contributed by atoms with Gasteiger partial charge in [0.25, 0.3) is 5.91 Å². The predicted molar refractivity (Wildman–Crippen MR) is 122 cm³/mol. The molecule has 3 fully saturated rings. The molecule has 2 bridgehead atoms. The van der Waals surface area contributed by atoms with Crippen LogP contribution in [0.5, 0.6) is 0 Å². The van der Waals surface area contributed by atoms with Crippen molar-refractivity contribution < 1.29 is 9.59 Å². The van der Waals surface area contributed by atoms with E-state index < -0.39 is 5.41 Å². The normalized spacial score (nSPS) is 31.9. The van der Waals surface area contributed by atoms with Gasteiger partial charge >= 0.3 is 0 Å². The first-order valence-corrected chi connectivity index (χ1v) is 11.8. The summed E-state index contributed by atoms with van der Waals surface area (Å²) >= 11 is 3.39. The average Bonchev–Trinajstić information content (AvgIpc) is 3.03. The second-order valence-electron chi connectivity index (χ2n) is 10.2. The molecule has 1 aliphatic heterocycles. The molecule has 2 atom stereocenters. The third-order valence-electron chi connectivity index (χ3n) is 8.61. The van der Waals surface area contributed by atoms with Gasteiger partial charge in [0.1, 0.15) is 0 Å². The number of rotatable bonds is 3. The Balaban J connectivity index is 1.57. The zero-order valence-corrected chi connectivity index (χ0v) is 20.0. The number of nitrogens with zero attached hydrogens (tertiary/aromatic N) is 2. The molecule has 0 unspecified atom stereocenters. The summed E-state index contributed by atoms with van der Waals surface area (Å²) < 4.78 is 0.931. The average molecular weight is 474 g/mol. The highest BCUT2D eigenvalue weighted by atomic mass is 79.9. The minimum Gasteiger partial charge on any atom is -0.342 e. The van der Waals surface area contributed by atoms with Crippen LogP contribution in [0.2, 0.25) is 0 Å². The van der Waals surface area contributed by atoms with Gasteiger partial charge in [-0.15, -0.1) is 0 Å². The van der Waals surface area contributed by atoms with Gasteiger partial charge in [0.05, 0.1) is 5.41 Å². The molecule has 5 nitrogen and oxygen atoms in total. The van der Waals surface area contributed by atoms with Gasteiger partial charge in [0.15, 0.2) is 0 Å². The number of fused-ring (bicyclic) bond motifs is 2. The molecule has 1 aromatic carbocycles. The maximum atomic E-state index is 13.8. The van der Waals surface area contributed by atoms with Crippen LogP contribution in [0.25, 0.3) is 0 Å². The van der Waals surface area contributed by atoms with Crippen LogP contribution in [0.4, 0.5) is 0 Å². The van der Waals surface area contributed by atoms with Gasteiger partial charge < -0.3 is 4.90 Å². The van der Waals surface area contributed by atoms with Crippen molar-refractivity contribution in [3.8, 4) is 0 Å². The van der Waals surface area contributed by atoms with Crippen LogP contribution < -0.4 is 5.43 Å². The van der Waals surface area contributed by atoms with Crippen LogP contribution in [0.15, 0.2) is 33.8 Å². The van der Waals surface area contributed by atoms with Gasteiger partial charge in [0, 0.05) is 40.7 Å². The molecule has 6 heteroatoms. The Morgan fingerprint density at radius 3 is 2.37 bits per heavy atom. The number of amides is 2. The van der Waals surface area contributed by atoms with Gasteiger partial charge in [-0.3, -0.25) is 9.59 Å². The smallest absolute Gasteiger partial charge is 0.271 e.